The van der Waals surface area contributed by atoms with Gasteiger partial charge in [0.05, 0.1) is 0 Å². The SMILES string of the molecule is CC(SC1NC(=O)N2NCC(c3ccccc3)C2N1)c1ccccc1. The first kappa shape index (κ1) is 16.4. The molecule has 2 fully saturated rings. The number of benzene rings is 2. The lowest BCUT2D eigenvalue weighted by atomic mass is 9.97. The summed E-state index contributed by atoms with van der Waals surface area (Å²) in [6.45, 7) is 2.92. The normalized spacial score (nSPS) is 26.8. The second kappa shape index (κ2) is 7.07. The Morgan fingerprint density at radius 1 is 1.08 bits per heavy atom. The Morgan fingerprint density at radius 2 is 1.76 bits per heavy atom. The first-order valence-electron chi connectivity index (χ1n) is 8.57. The minimum Gasteiger partial charge on any atom is -0.312 e. The fourth-order valence-corrected chi connectivity index (χ4v) is 4.54. The number of hydrogen-bond donors (Lipinski definition) is 3. The predicted molar refractivity (Wildman–Crippen MR) is 101 cm³/mol. The number of urea groups is 1. The lowest BCUT2D eigenvalue weighted by molar-refractivity contribution is 0.128. The molecule has 4 rings (SSSR count). The fourth-order valence-electron chi connectivity index (χ4n) is 3.43. The minimum atomic E-state index is -0.116. The number of amides is 2. The smallest absolute Gasteiger partial charge is 0.312 e. The molecule has 2 aliphatic rings. The van der Waals surface area contributed by atoms with Crippen LogP contribution in [0, 0.1) is 0 Å². The number of hydrazine groups is 1. The molecule has 2 aromatic carbocycles. The third-order valence-electron chi connectivity index (χ3n) is 4.77. The van der Waals surface area contributed by atoms with Crippen molar-refractivity contribution in [3.05, 3.63) is 71.8 Å². The summed E-state index contributed by atoms with van der Waals surface area (Å²) in [4.78, 5) is 12.5. The molecule has 2 saturated heterocycles. The highest BCUT2D eigenvalue weighted by atomic mass is 32.2. The standard InChI is InChI=1S/C19H22N4OS/c1-13(14-8-4-2-5-9-14)25-18-21-17-16(15-10-6-3-7-11-15)12-20-23(17)19(24)22-18/h2-11,13,16-18,20-21H,12H2,1H3,(H,22,24). The average Bonchev–Trinajstić information content (AvgIpc) is 3.07. The molecule has 2 heterocycles. The lowest BCUT2D eigenvalue weighted by Crippen LogP contribution is -2.65. The summed E-state index contributed by atoms with van der Waals surface area (Å²) in [6, 6.07) is 20.7. The molecular weight excluding hydrogens is 332 g/mol. The van der Waals surface area contributed by atoms with E-state index in [1.54, 1.807) is 16.8 Å². The summed E-state index contributed by atoms with van der Waals surface area (Å²) in [5.74, 6) is 0.238. The van der Waals surface area contributed by atoms with Crippen LogP contribution in [0.5, 0.6) is 0 Å². The van der Waals surface area contributed by atoms with Gasteiger partial charge in [-0.25, -0.2) is 15.2 Å². The molecule has 5 nitrogen and oxygen atoms in total. The molecule has 4 unspecified atom stereocenters. The van der Waals surface area contributed by atoms with Crippen LogP contribution in [0.25, 0.3) is 0 Å². The molecule has 0 saturated carbocycles. The van der Waals surface area contributed by atoms with Gasteiger partial charge in [-0.05, 0) is 18.1 Å². The fraction of sp³-hybridized carbons (Fsp3) is 0.316. The van der Waals surface area contributed by atoms with E-state index in [0.717, 1.165) is 6.54 Å². The van der Waals surface area contributed by atoms with Crippen molar-refractivity contribution in [2.24, 2.45) is 0 Å². The number of nitrogens with zero attached hydrogens (tertiary/aromatic N) is 1. The zero-order valence-corrected chi connectivity index (χ0v) is 14.9. The molecule has 3 N–H and O–H groups in total. The van der Waals surface area contributed by atoms with E-state index in [9.17, 15) is 4.79 Å². The average molecular weight is 354 g/mol. The summed E-state index contributed by atoms with van der Waals surface area (Å²) in [7, 11) is 0. The molecule has 0 aromatic heterocycles. The molecular formula is C19H22N4OS. The van der Waals surface area contributed by atoms with Gasteiger partial charge in [-0.2, -0.15) is 0 Å². The van der Waals surface area contributed by atoms with Crippen molar-refractivity contribution in [3.8, 4) is 0 Å². The predicted octanol–water partition coefficient (Wildman–Crippen LogP) is 3.01. The van der Waals surface area contributed by atoms with Crippen molar-refractivity contribution in [2.75, 3.05) is 6.54 Å². The molecule has 0 spiro atoms. The number of rotatable bonds is 4. The maximum atomic E-state index is 12.5. The van der Waals surface area contributed by atoms with Crippen molar-refractivity contribution in [1.29, 1.82) is 0 Å². The largest absolute Gasteiger partial charge is 0.335 e. The van der Waals surface area contributed by atoms with E-state index < -0.39 is 0 Å². The molecule has 6 heteroatoms. The lowest BCUT2D eigenvalue weighted by Gasteiger charge is -2.38. The Labute approximate surface area is 152 Å². The summed E-state index contributed by atoms with van der Waals surface area (Å²) >= 11 is 1.73. The van der Waals surface area contributed by atoms with E-state index in [2.05, 4.69) is 47.2 Å². The monoisotopic (exact) mass is 354 g/mol. The molecule has 25 heavy (non-hydrogen) atoms. The van der Waals surface area contributed by atoms with Gasteiger partial charge in [-0.3, -0.25) is 5.32 Å². The van der Waals surface area contributed by atoms with Crippen molar-refractivity contribution < 1.29 is 4.79 Å². The summed E-state index contributed by atoms with van der Waals surface area (Å²) < 4.78 is 0. The van der Waals surface area contributed by atoms with E-state index in [0.29, 0.717) is 0 Å². The highest BCUT2D eigenvalue weighted by Gasteiger charge is 2.43. The van der Waals surface area contributed by atoms with Crippen LogP contribution in [-0.4, -0.2) is 29.2 Å². The minimum absolute atomic E-state index is 0.0448. The van der Waals surface area contributed by atoms with Crippen molar-refractivity contribution >= 4 is 17.8 Å². The zero-order chi connectivity index (χ0) is 17.2. The second-order valence-electron chi connectivity index (χ2n) is 6.38. The second-order valence-corrected chi connectivity index (χ2v) is 7.83. The number of thioether (sulfide) groups is 1. The van der Waals surface area contributed by atoms with Gasteiger partial charge in [0.15, 0.2) is 0 Å². The summed E-state index contributed by atoms with van der Waals surface area (Å²) in [5.41, 5.74) is 5.60. The van der Waals surface area contributed by atoms with Crippen LogP contribution in [0.3, 0.4) is 0 Å². The van der Waals surface area contributed by atoms with Crippen LogP contribution >= 0.6 is 11.8 Å². The van der Waals surface area contributed by atoms with Gasteiger partial charge < -0.3 is 5.32 Å². The van der Waals surface area contributed by atoms with Gasteiger partial charge in [0.25, 0.3) is 0 Å². The molecule has 2 aliphatic heterocycles. The molecule has 2 amide bonds. The number of carbonyl (C=O) groups excluding carboxylic acids is 1. The van der Waals surface area contributed by atoms with Gasteiger partial charge in [0.2, 0.25) is 0 Å². The van der Waals surface area contributed by atoms with Gasteiger partial charge in [-0.15, -0.1) is 11.8 Å². The van der Waals surface area contributed by atoms with E-state index in [-0.39, 0.29) is 28.9 Å². The van der Waals surface area contributed by atoms with Gasteiger partial charge >= 0.3 is 6.03 Å². The highest BCUT2D eigenvalue weighted by molar-refractivity contribution is 8.00. The van der Waals surface area contributed by atoms with Crippen LogP contribution < -0.4 is 16.1 Å². The zero-order valence-electron chi connectivity index (χ0n) is 14.1. The molecule has 0 bridgehead atoms. The number of nitrogens with one attached hydrogen (secondary N) is 3. The molecule has 4 atom stereocenters. The molecule has 130 valence electrons. The first-order chi connectivity index (χ1) is 12.2. The Morgan fingerprint density at radius 3 is 2.48 bits per heavy atom. The Bertz CT molecular complexity index is 727. The topological polar surface area (TPSA) is 56.4 Å². The maximum Gasteiger partial charge on any atom is 0.335 e. The van der Waals surface area contributed by atoms with E-state index in [4.69, 9.17) is 0 Å². The summed E-state index contributed by atoms with van der Waals surface area (Å²) in [5, 5.41) is 8.60. The summed E-state index contributed by atoms with van der Waals surface area (Å²) in [6.07, 6.45) is -0.0448. The molecule has 0 radical (unpaired) electrons. The maximum absolute atomic E-state index is 12.5. The van der Waals surface area contributed by atoms with Gasteiger partial charge in [0, 0.05) is 17.7 Å². The van der Waals surface area contributed by atoms with Crippen LogP contribution in [-0.2, 0) is 0 Å². The molecule has 0 aliphatic carbocycles. The van der Waals surface area contributed by atoms with E-state index in [1.165, 1.54) is 11.1 Å². The Balaban J connectivity index is 1.48. The molecule has 2 aromatic rings. The van der Waals surface area contributed by atoms with Gasteiger partial charge in [0.1, 0.15) is 11.7 Å². The van der Waals surface area contributed by atoms with Crippen molar-refractivity contribution in [2.45, 2.75) is 29.8 Å². The van der Waals surface area contributed by atoms with Crippen LogP contribution in [0.2, 0.25) is 0 Å². The van der Waals surface area contributed by atoms with E-state index >= 15 is 0 Å². The van der Waals surface area contributed by atoms with E-state index in [1.807, 2.05) is 36.4 Å². The van der Waals surface area contributed by atoms with Crippen molar-refractivity contribution in [1.82, 2.24) is 21.1 Å². The van der Waals surface area contributed by atoms with Crippen LogP contribution in [0.1, 0.15) is 29.2 Å². The highest BCUT2D eigenvalue weighted by Crippen LogP contribution is 2.34. The van der Waals surface area contributed by atoms with Gasteiger partial charge in [-0.1, -0.05) is 60.7 Å². The number of carbonyl (C=O) groups is 1. The third-order valence-corrected chi connectivity index (χ3v) is 5.98. The Kier molecular flexibility index (Phi) is 4.65. The number of fused-ring (bicyclic) bond motifs is 1. The first-order valence-corrected chi connectivity index (χ1v) is 9.51. The Hall–Kier alpha value is -2.02. The van der Waals surface area contributed by atoms with Crippen LogP contribution in [0.4, 0.5) is 4.79 Å². The number of hydrogen-bond acceptors (Lipinski definition) is 4. The van der Waals surface area contributed by atoms with Crippen LogP contribution in [0.15, 0.2) is 60.7 Å². The quantitative estimate of drug-likeness (QED) is 0.790. The van der Waals surface area contributed by atoms with Crippen molar-refractivity contribution in [3.63, 3.8) is 0 Å². The third kappa shape index (κ3) is 3.38.